The van der Waals surface area contributed by atoms with Gasteiger partial charge in [0.1, 0.15) is 6.04 Å². The Kier molecular flexibility index (Phi) is 11.8. The smallest absolute Gasteiger partial charge is 0.321 e. The number of carbonyl (C=O) groups is 3. The van der Waals surface area contributed by atoms with Crippen LogP contribution in [0.3, 0.4) is 0 Å². The molecule has 0 saturated carbocycles. The summed E-state index contributed by atoms with van der Waals surface area (Å²) in [6.45, 7) is 3.01. The van der Waals surface area contributed by atoms with Crippen LogP contribution in [0.1, 0.15) is 52.4 Å². The van der Waals surface area contributed by atoms with Crippen molar-refractivity contribution in [2.24, 2.45) is 0 Å². The van der Waals surface area contributed by atoms with Crippen molar-refractivity contribution in [1.29, 1.82) is 0 Å². The molecule has 0 aliphatic carbocycles. The molecule has 0 bridgehead atoms. The molecule has 0 aliphatic heterocycles. The number of rotatable bonds is 16. The minimum atomic E-state index is -3.67. The highest BCUT2D eigenvalue weighted by atomic mass is 32.2. The zero-order valence-electron chi connectivity index (χ0n) is 15.8. The van der Waals surface area contributed by atoms with Crippen molar-refractivity contribution in [3.63, 3.8) is 0 Å². The average Bonchev–Trinajstić information content (AvgIpc) is 2.56. The van der Waals surface area contributed by atoms with Crippen molar-refractivity contribution in [3.8, 4) is 0 Å². The van der Waals surface area contributed by atoms with Crippen LogP contribution in [0.4, 0.5) is 0 Å². The Balaban J connectivity index is 5.34. The van der Waals surface area contributed by atoms with Crippen molar-refractivity contribution < 1.29 is 38.1 Å². The second-order valence-electron chi connectivity index (χ2n) is 6.19. The molecule has 27 heavy (non-hydrogen) atoms. The van der Waals surface area contributed by atoms with E-state index in [4.69, 9.17) is 10.2 Å². The molecule has 1 atom stereocenters. The summed E-state index contributed by atoms with van der Waals surface area (Å²) >= 11 is 0. The van der Waals surface area contributed by atoms with Gasteiger partial charge in [-0.25, -0.2) is 8.42 Å². The Morgan fingerprint density at radius 1 is 0.963 bits per heavy atom. The van der Waals surface area contributed by atoms with Crippen molar-refractivity contribution in [2.45, 2.75) is 58.4 Å². The highest BCUT2D eigenvalue weighted by Gasteiger charge is 2.32. The molecule has 0 amide bonds. The Hall–Kier alpha value is -1.72. The summed E-state index contributed by atoms with van der Waals surface area (Å²) in [5.74, 6) is -4.10. The number of hydrogen-bond donors (Lipinski definition) is 3. The van der Waals surface area contributed by atoms with Crippen LogP contribution in [-0.4, -0.2) is 82.4 Å². The first-order valence-corrected chi connectivity index (χ1v) is 10.5. The zero-order chi connectivity index (χ0) is 21.0. The largest absolute Gasteiger partial charge is 0.481 e. The molecule has 0 aliphatic rings. The average molecular weight is 410 g/mol. The van der Waals surface area contributed by atoms with Gasteiger partial charge in [0, 0.05) is 13.1 Å². The quantitative estimate of drug-likeness (QED) is 0.248. The molecule has 0 fully saturated rings. The molecular weight excluding hydrogens is 380 g/mol. The minimum absolute atomic E-state index is 0.0685. The third-order valence-electron chi connectivity index (χ3n) is 4.05. The molecule has 158 valence electrons. The predicted molar refractivity (Wildman–Crippen MR) is 97.8 cm³/mol. The van der Waals surface area contributed by atoms with Gasteiger partial charge in [0.15, 0.2) is 0 Å². The van der Waals surface area contributed by atoms with E-state index in [1.165, 1.54) is 0 Å². The number of carboxylic acid groups (broad SMARTS) is 3. The van der Waals surface area contributed by atoms with Gasteiger partial charge in [-0.05, 0) is 6.42 Å². The summed E-state index contributed by atoms with van der Waals surface area (Å²) in [4.78, 5) is 34.4. The van der Waals surface area contributed by atoms with Gasteiger partial charge in [-0.3, -0.25) is 19.3 Å². The van der Waals surface area contributed by atoms with Gasteiger partial charge in [-0.1, -0.05) is 33.1 Å². The number of hydrogen-bond acceptors (Lipinski definition) is 6. The lowest BCUT2D eigenvalue weighted by atomic mass is 10.1. The lowest BCUT2D eigenvalue weighted by Crippen LogP contribution is -2.50. The molecule has 0 spiro atoms. The third kappa shape index (κ3) is 10.3. The summed E-state index contributed by atoms with van der Waals surface area (Å²) < 4.78 is 26.1. The van der Waals surface area contributed by atoms with E-state index in [1.807, 2.05) is 6.92 Å². The van der Waals surface area contributed by atoms with E-state index in [0.717, 1.165) is 28.5 Å². The van der Waals surface area contributed by atoms with Gasteiger partial charge >= 0.3 is 17.9 Å². The topological polar surface area (TPSA) is 153 Å². The lowest BCUT2D eigenvalue weighted by molar-refractivity contribution is -0.151. The highest BCUT2D eigenvalue weighted by Crippen LogP contribution is 2.13. The van der Waals surface area contributed by atoms with Crippen LogP contribution in [-0.2, 0) is 24.4 Å². The van der Waals surface area contributed by atoms with Gasteiger partial charge in [0.2, 0.25) is 10.0 Å². The first-order valence-electron chi connectivity index (χ1n) is 8.93. The van der Waals surface area contributed by atoms with Crippen LogP contribution in [0.15, 0.2) is 0 Å². The Morgan fingerprint density at radius 3 is 2.04 bits per heavy atom. The van der Waals surface area contributed by atoms with Gasteiger partial charge in [0.05, 0.1) is 25.3 Å². The van der Waals surface area contributed by atoms with Crippen LogP contribution in [0, 0.1) is 0 Å². The summed E-state index contributed by atoms with van der Waals surface area (Å²) in [5, 5.41) is 27.1. The maximum atomic E-state index is 12.5. The molecule has 0 saturated heterocycles. The van der Waals surface area contributed by atoms with Crippen LogP contribution in [0.2, 0.25) is 0 Å². The normalized spacial score (nSPS) is 13.0. The third-order valence-corrected chi connectivity index (χ3v) is 6.01. The van der Waals surface area contributed by atoms with Crippen LogP contribution in [0.25, 0.3) is 0 Å². The standard InChI is InChI=1S/C16H30N2O8S/c1-3-5-6-7-10-27(25,26)18(4-2)12-17(9-8-14(19)20)13(16(23)24)11-15(21)22/h13H,3-12H2,1-2H3,(H,19,20)(H,21,22)(H,23,24). The molecule has 3 N–H and O–H groups in total. The Labute approximate surface area is 159 Å². The molecule has 0 aromatic carbocycles. The molecule has 0 aromatic heterocycles. The van der Waals surface area contributed by atoms with E-state index in [1.54, 1.807) is 6.92 Å². The van der Waals surface area contributed by atoms with E-state index in [2.05, 4.69) is 0 Å². The van der Waals surface area contributed by atoms with Crippen LogP contribution >= 0.6 is 0 Å². The van der Waals surface area contributed by atoms with Crippen molar-refractivity contribution >= 4 is 27.9 Å². The number of nitrogens with zero attached hydrogens (tertiary/aromatic N) is 2. The van der Waals surface area contributed by atoms with E-state index < -0.39 is 46.8 Å². The second-order valence-corrected chi connectivity index (χ2v) is 8.28. The zero-order valence-corrected chi connectivity index (χ0v) is 16.7. The Bertz CT molecular complexity index is 593. The summed E-state index contributed by atoms with van der Waals surface area (Å²) in [5.41, 5.74) is 0. The van der Waals surface area contributed by atoms with E-state index in [0.29, 0.717) is 6.42 Å². The summed E-state index contributed by atoms with van der Waals surface area (Å²) in [6.07, 6.45) is 1.90. The number of aliphatic carboxylic acids is 3. The maximum Gasteiger partial charge on any atom is 0.321 e. The van der Waals surface area contributed by atoms with E-state index in [9.17, 15) is 27.9 Å². The molecule has 0 heterocycles. The number of sulfonamides is 1. The fourth-order valence-corrected chi connectivity index (χ4v) is 4.07. The molecule has 0 radical (unpaired) electrons. The van der Waals surface area contributed by atoms with Crippen molar-refractivity contribution in [1.82, 2.24) is 9.21 Å². The van der Waals surface area contributed by atoms with Crippen LogP contribution in [0.5, 0.6) is 0 Å². The Morgan fingerprint density at radius 2 is 1.59 bits per heavy atom. The monoisotopic (exact) mass is 410 g/mol. The van der Waals surface area contributed by atoms with Gasteiger partial charge in [-0.15, -0.1) is 0 Å². The summed E-state index contributed by atoms with van der Waals surface area (Å²) in [7, 11) is -3.67. The SMILES string of the molecule is CCCCCCS(=O)(=O)N(CC)CN(CCC(=O)O)C(CC(=O)O)C(=O)O. The van der Waals surface area contributed by atoms with Crippen molar-refractivity contribution in [2.75, 3.05) is 25.5 Å². The van der Waals surface area contributed by atoms with Gasteiger partial charge in [-0.2, -0.15) is 4.31 Å². The molecule has 11 heteroatoms. The predicted octanol–water partition coefficient (Wildman–Crippen LogP) is 0.881. The van der Waals surface area contributed by atoms with Gasteiger partial charge < -0.3 is 15.3 Å². The molecule has 1 unspecified atom stereocenters. The number of carboxylic acids is 3. The first kappa shape index (κ1) is 25.3. The lowest BCUT2D eigenvalue weighted by Gasteiger charge is -2.32. The van der Waals surface area contributed by atoms with Crippen molar-refractivity contribution in [3.05, 3.63) is 0 Å². The molecule has 0 rings (SSSR count). The highest BCUT2D eigenvalue weighted by molar-refractivity contribution is 7.89. The van der Waals surface area contributed by atoms with E-state index in [-0.39, 0.29) is 25.5 Å². The molecule has 10 nitrogen and oxygen atoms in total. The second kappa shape index (κ2) is 12.6. The van der Waals surface area contributed by atoms with E-state index >= 15 is 0 Å². The maximum absolute atomic E-state index is 12.5. The van der Waals surface area contributed by atoms with Gasteiger partial charge in [0.25, 0.3) is 0 Å². The molecular formula is C16H30N2O8S. The summed E-state index contributed by atoms with van der Waals surface area (Å²) in [6, 6.07) is -1.52. The number of unbranched alkanes of at least 4 members (excludes halogenated alkanes) is 3. The minimum Gasteiger partial charge on any atom is -0.481 e. The fourth-order valence-electron chi connectivity index (χ4n) is 2.53. The van der Waals surface area contributed by atoms with Crippen LogP contribution < -0.4 is 0 Å². The first-order chi connectivity index (χ1) is 12.5. The fraction of sp³-hybridized carbons (Fsp3) is 0.812. The molecule has 0 aromatic rings.